The lowest BCUT2D eigenvalue weighted by Gasteiger charge is -2.31. The van der Waals surface area contributed by atoms with Gasteiger partial charge in [0, 0.05) is 24.0 Å². The summed E-state index contributed by atoms with van der Waals surface area (Å²) >= 11 is 5.89. The van der Waals surface area contributed by atoms with Gasteiger partial charge in [0.2, 0.25) is 15.9 Å². The molecular weight excluding hydrogens is 403 g/mol. The van der Waals surface area contributed by atoms with Crippen LogP contribution >= 0.6 is 11.6 Å². The Labute approximate surface area is 169 Å². The summed E-state index contributed by atoms with van der Waals surface area (Å²) < 4.78 is 39.7. The standard InChI is InChI=1S/C20H22ClFN2O3S/c1-14(15-2-4-17(21)5-3-15)23-20(25)16-10-12-24(13-11-16)28(26,27)19-8-6-18(22)7-9-19/h2-9,14,16H,10-13H2,1H3,(H,23,25). The first-order valence-electron chi connectivity index (χ1n) is 9.09. The highest BCUT2D eigenvalue weighted by molar-refractivity contribution is 7.89. The van der Waals surface area contributed by atoms with Gasteiger partial charge in [0.05, 0.1) is 10.9 Å². The van der Waals surface area contributed by atoms with Crippen molar-refractivity contribution in [1.82, 2.24) is 9.62 Å². The molecule has 1 saturated heterocycles. The van der Waals surface area contributed by atoms with Crippen molar-refractivity contribution < 1.29 is 17.6 Å². The average Bonchev–Trinajstić information content (AvgIpc) is 2.69. The summed E-state index contributed by atoms with van der Waals surface area (Å²) in [6, 6.07) is 11.9. The number of sulfonamides is 1. The molecule has 0 radical (unpaired) electrons. The van der Waals surface area contributed by atoms with Gasteiger partial charge in [-0.2, -0.15) is 4.31 Å². The molecule has 1 heterocycles. The zero-order valence-corrected chi connectivity index (χ0v) is 17.0. The maximum absolute atomic E-state index is 13.0. The van der Waals surface area contributed by atoms with E-state index in [1.807, 2.05) is 19.1 Å². The number of hydrogen-bond acceptors (Lipinski definition) is 3. The Morgan fingerprint density at radius 2 is 1.68 bits per heavy atom. The number of nitrogens with one attached hydrogen (secondary N) is 1. The number of halogens is 2. The molecule has 1 N–H and O–H groups in total. The lowest BCUT2D eigenvalue weighted by molar-refractivity contribution is -0.126. The molecule has 5 nitrogen and oxygen atoms in total. The second-order valence-corrected chi connectivity index (χ2v) is 9.29. The van der Waals surface area contributed by atoms with E-state index in [1.54, 1.807) is 12.1 Å². The van der Waals surface area contributed by atoms with Crippen LogP contribution in [0.25, 0.3) is 0 Å². The summed E-state index contributed by atoms with van der Waals surface area (Å²) in [6.45, 7) is 2.41. The highest BCUT2D eigenvalue weighted by Gasteiger charge is 2.32. The van der Waals surface area contributed by atoms with Gasteiger partial charge in [-0.25, -0.2) is 12.8 Å². The van der Waals surface area contributed by atoms with Gasteiger partial charge in [-0.1, -0.05) is 23.7 Å². The minimum Gasteiger partial charge on any atom is -0.349 e. The number of carbonyl (C=O) groups is 1. The van der Waals surface area contributed by atoms with Crippen molar-refractivity contribution in [3.8, 4) is 0 Å². The molecule has 28 heavy (non-hydrogen) atoms. The molecule has 2 aromatic carbocycles. The van der Waals surface area contributed by atoms with Crippen molar-refractivity contribution in [1.29, 1.82) is 0 Å². The van der Waals surface area contributed by atoms with E-state index < -0.39 is 15.8 Å². The Morgan fingerprint density at radius 3 is 2.25 bits per heavy atom. The summed E-state index contributed by atoms with van der Waals surface area (Å²) in [5.74, 6) is -0.806. The zero-order chi connectivity index (χ0) is 20.3. The average molecular weight is 425 g/mol. The van der Waals surface area contributed by atoms with Crippen LogP contribution in [0.2, 0.25) is 5.02 Å². The Morgan fingerprint density at radius 1 is 1.11 bits per heavy atom. The SMILES string of the molecule is CC(NC(=O)C1CCN(S(=O)(=O)c2ccc(F)cc2)CC1)c1ccc(Cl)cc1. The molecule has 1 aliphatic rings. The van der Waals surface area contributed by atoms with Gasteiger partial charge >= 0.3 is 0 Å². The Hall–Kier alpha value is -1.96. The van der Waals surface area contributed by atoms with Gasteiger partial charge in [0.25, 0.3) is 0 Å². The van der Waals surface area contributed by atoms with E-state index in [2.05, 4.69) is 5.32 Å². The van der Waals surface area contributed by atoms with Crippen molar-refractivity contribution >= 4 is 27.5 Å². The number of amides is 1. The monoisotopic (exact) mass is 424 g/mol. The number of carbonyl (C=O) groups excluding carboxylic acids is 1. The third-order valence-electron chi connectivity index (χ3n) is 5.00. The minimum atomic E-state index is -3.68. The molecular formula is C20H22ClFN2O3S. The second-order valence-electron chi connectivity index (χ2n) is 6.91. The van der Waals surface area contributed by atoms with Crippen LogP contribution in [-0.2, 0) is 14.8 Å². The van der Waals surface area contributed by atoms with E-state index in [1.165, 1.54) is 16.4 Å². The zero-order valence-electron chi connectivity index (χ0n) is 15.4. The van der Waals surface area contributed by atoms with E-state index in [-0.39, 0.29) is 35.9 Å². The van der Waals surface area contributed by atoms with Gasteiger partial charge in [0.1, 0.15) is 5.82 Å². The molecule has 0 aromatic heterocycles. The molecule has 150 valence electrons. The van der Waals surface area contributed by atoms with Crippen LogP contribution in [0.3, 0.4) is 0 Å². The van der Waals surface area contributed by atoms with Crippen molar-refractivity contribution in [2.75, 3.05) is 13.1 Å². The number of rotatable bonds is 5. The first-order chi connectivity index (χ1) is 13.3. The van der Waals surface area contributed by atoms with Gasteiger partial charge in [-0.15, -0.1) is 0 Å². The van der Waals surface area contributed by atoms with Crippen LogP contribution in [0.1, 0.15) is 31.4 Å². The quantitative estimate of drug-likeness (QED) is 0.794. The fourth-order valence-electron chi connectivity index (χ4n) is 3.28. The molecule has 1 fully saturated rings. The van der Waals surface area contributed by atoms with E-state index >= 15 is 0 Å². The van der Waals surface area contributed by atoms with Crippen LogP contribution < -0.4 is 5.32 Å². The van der Waals surface area contributed by atoms with Crippen LogP contribution in [0, 0.1) is 11.7 Å². The molecule has 3 rings (SSSR count). The van der Waals surface area contributed by atoms with Crippen molar-refractivity contribution in [2.45, 2.75) is 30.7 Å². The molecule has 1 atom stereocenters. The van der Waals surface area contributed by atoms with Gasteiger partial charge in [-0.05, 0) is 61.7 Å². The van der Waals surface area contributed by atoms with E-state index in [0.717, 1.165) is 17.7 Å². The summed E-state index contributed by atoms with van der Waals surface area (Å²) in [4.78, 5) is 12.6. The number of nitrogens with zero attached hydrogens (tertiary/aromatic N) is 1. The van der Waals surface area contributed by atoms with E-state index in [9.17, 15) is 17.6 Å². The summed E-state index contributed by atoms with van der Waals surface area (Å²) in [5.41, 5.74) is 0.953. The predicted octanol–water partition coefficient (Wildman–Crippen LogP) is 3.76. The maximum Gasteiger partial charge on any atom is 0.243 e. The number of benzene rings is 2. The van der Waals surface area contributed by atoms with Crippen LogP contribution in [0.4, 0.5) is 4.39 Å². The Balaban J connectivity index is 1.57. The normalized spacial score (nSPS) is 17.2. The molecule has 2 aromatic rings. The Kier molecular flexibility index (Phi) is 6.37. The van der Waals surface area contributed by atoms with Gasteiger partial charge < -0.3 is 5.32 Å². The molecule has 8 heteroatoms. The molecule has 0 saturated carbocycles. The number of piperidine rings is 1. The lowest BCUT2D eigenvalue weighted by Crippen LogP contribution is -2.43. The van der Waals surface area contributed by atoms with Crippen molar-refractivity contribution in [3.05, 3.63) is 64.9 Å². The number of hydrogen-bond donors (Lipinski definition) is 1. The maximum atomic E-state index is 13.0. The van der Waals surface area contributed by atoms with Crippen LogP contribution in [-0.4, -0.2) is 31.7 Å². The first kappa shape index (κ1) is 20.8. The fourth-order valence-corrected chi connectivity index (χ4v) is 4.88. The molecule has 0 bridgehead atoms. The topological polar surface area (TPSA) is 66.5 Å². The largest absolute Gasteiger partial charge is 0.349 e. The highest BCUT2D eigenvalue weighted by Crippen LogP contribution is 2.25. The van der Waals surface area contributed by atoms with Crippen molar-refractivity contribution in [2.24, 2.45) is 5.92 Å². The van der Waals surface area contributed by atoms with Gasteiger partial charge in [-0.3, -0.25) is 4.79 Å². The lowest BCUT2D eigenvalue weighted by atomic mass is 9.96. The van der Waals surface area contributed by atoms with Crippen LogP contribution in [0.5, 0.6) is 0 Å². The van der Waals surface area contributed by atoms with Crippen molar-refractivity contribution in [3.63, 3.8) is 0 Å². The highest BCUT2D eigenvalue weighted by atomic mass is 35.5. The molecule has 1 unspecified atom stereocenters. The second kappa shape index (κ2) is 8.59. The molecule has 0 spiro atoms. The summed E-state index contributed by atoms with van der Waals surface area (Å²) in [7, 11) is -3.68. The van der Waals surface area contributed by atoms with E-state index in [4.69, 9.17) is 11.6 Å². The van der Waals surface area contributed by atoms with E-state index in [0.29, 0.717) is 17.9 Å². The molecule has 1 amide bonds. The molecule has 1 aliphatic heterocycles. The fraction of sp³-hybridized carbons (Fsp3) is 0.350. The van der Waals surface area contributed by atoms with Gasteiger partial charge in [0.15, 0.2) is 0 Å². The summed E-state index contributed by atoms with van der Waals surface area (Å²) in [5, 5.41) is 3.62. The third-order valence-corrected chi connectivity index (χ3v) is 7.17. The Bertz CT molecular complexity index is 925. The molecule has 0 aliphatic carbocycles. The third kappa shape index (κ3) is 4.71. The first-order valence-corrected chi connectivity index (χ1v) is 10.9. The smallest absolute Gasteiger partial charge is 0.243 e. The predicted molar refractivity (Wildman–Crippen MR) is 106 cm³/mol. The van der Waals surface area contributed by atoms with Crippen LogP contribution in [0.15, 0.2) is 53.4 Å². The minimum absolute atomic E-state index is 0.0631. The summed E-state index contributed by atoms with van der Waals surface area (Å²) in [6.07, 6.45) is 0.888.